The minimum atomic E-state index is 0.534. The highest BCUT2D eigenvalue weighted by Gasteiger charge is 2.13. The van der Waals surface area contributed by atoms with E-state index in [1.54, 1.807) is 0 Å². The molecule has 0 aliphatic heterocycles. The van der Waals surface area contributed by atoms with E-state index in [1.807, 2.05) is 0 Å². The Kier molecular flexibility index (Phi) is 5.58. The average Bonchev–Trinajstić information content (AvgIpc) is 2.49. The van der Waals surface area contributed by atoms with Crippen molar-refractivity contribution in [3.63, 3.8) is 0 Å². The fourth-order valence-electron chi connectivity index (χ4n) is 2.86. The molecule has 2 aromatic rings. The molecule has 1 nitrogen and oxygen atoms in total. The van der Waals surface area contributed by atoms with Gasteiger partial charge in [0.1, 0.15) is 0 Å². The van der Waals surface area contributed by atoms with Gasteiger partial charge in [0.25, 0.3) is 0 Å². The molecule has 1 heteroatoms. The minimum Gasteiger partial charge on any atom is -0.316 e. The van der Waals surface area contributed by atoms with Gasteiger partial charge in [0, 0.05) is 12.5 Å². The maximum absolute atomic E-state index is 3.51. The van der Waals surface area contributed by atoms with E-state index >= 15 is 0 Å². The van der Waals surface area contributed by atoms with Crippen molar-refractivity contribution in [2.45, 2.75) is 40.0 Å². The molecule has 0 amide bonds. The Morgan fingerprint density at radius 3 is 2.24 bits per heavy atom. The third kappa shape index (κ3) is 4.18. The molecular formula is C20H27N. The van der Waals surface area contributed by atoms with E-state index in [4.69, 9.17) is 0 Å². The van der Waals surface area contributed by atoms with E-state index in [0.717, 1.165) is 19.5 Å². The van der Waals surface area contributed by atoms with E-state index < -0.39 is 0 Å². The Labute approximate surface area is 129 Å². The van der Waals surface area contributed by atoms with Gasteiger partial charge in [-0.25, -0.2) is 0 Å². The fraction of sp³-hybridized carbons (Fsp3) is 0.400. The highest BCUT2D eigenvalue weighted by atomic mass is 14.8. The summed E-state index contributed by atoms with van der Waals surface area (Å²) >= 11 is 0. The standard InChI is InChI=1S/C20H27N/c1-5-21-14-20(18-9-7-6-8-10-18)13-19-12-16(3)15(2)11-17(19)4/h6-12,20-21H,5,13-14H2,1-4H3. The topological polar surface area (TPSA) is 12.0 Å². The molecule has 0 bridgehead atoms. The van der Waals surface area contributed by atoms with Crippen LogP contribution >= 0.6 is 0 Å². The third-order valence-electron chi connectivity index (χ3n) is 4.33. The lowest BCUT2D eigenvalue weighted by Crippen LogP contribution is -2.23. The van der Waals surface area contributed by atoms with E-state index in [9.17, 15) is 0 Å². The van der Waals surface area contributed by atoms with Crippen molar-refractivity contribution in [1.29, 1.82) is 0 Å². The summed E-state index contributed by atoms with van der Waals surface area (Å²) in [5.41, 5.74) is 7.10. The molecule has 0 saturated carbocycles. The number of nitrogens with one attached hydrogen (secondary N) is 1. The maximum Gasteiger partial charge on any atom is 0.00232 e. The first-order chi connectivity index (χ1) is 10.1. The molecule has 0 aliphatic rings. The number of benzene rings is 2. The first-order valence-corrected chi connectivity index (χ1v) is 7.94. The zero-order chi connectivity index (χ0) is 15.2. The van der Waals surface area contributed by atoms with E-state index in [2.05, 4.69) is 75.5 Å². The van der Waals surface area contributed by atoms with Crippen molar-refractivity contribution in [3.8, 4) is 0 Å². The molecule has 0 heterocycles. The molecule has 1 N–H and O–H groups in total. The highest BCUT2D eigenvalue weighted by Crippen LogP contribution is 2.24. The van der Waals surface area contributed by atoms with Crippen molar-refractivity contribution in [2.24, 2.45) is 0 Å². The lowest BCUT2D eigenvalue weighted by molar-refractivity contribution is 0.593. The van der Waals surface area contributed by atoms with Crippen molar-refractivity contribution in [3.05, 3.63) is 70.3 Å². The van der Waals surface area contributed by atoms with Gasteiger partial charge in [-0.2, -0.15) is 0 Å². The maximum atomic E-state index is 3.51. The first-order valence-electron chi connectivity index (χ1n) is 7.94. The Morgan fingerprint density at radius 2 is 1.57 bits per heavy atom. The van der Waals surface area contributed by atoms with Crippen LogP contribution in [-0.2, 0) is 6.42 Å². The lowest BCUT2D eigenvalue weighted by atomic mass is 9.88. The van der Waals surface area contributed by atoms with Crippen LogP contribution in [0, 0.1) is 20.8 Å². The summed E-state index contributed by atoms with van der Waals surface area (Å²) in [4.78, 5) is 0. The molecular weight excluding hydrogens is 254 g/mol. The molecule has 2 aromatic carbocycles. The van der Waals surface area contributed by atoms with Crippen molar-refractivity contribution in [2.75, 3.05) is 13.1 Å². The van der Waals surface area contributed by atoms with Gasteiger partial charge >= 0.3 is 0 Å². The number of likely N-dealkylation sites (N-methyl/N-ethyl adjacent to an activating group) is 1. The molecule has 2 rings (SSSR count). The zero-order valence-corrected chi connectivity index (χ0v) is 13.7. The quantitative estimate of drug-likeness (QED) is 0.819. The number of rotatable bonds is 6. The predicted molar refractivity (Wildman–Crippen MR) is 92.1 cm³/mol. The van der Waals surface area contributed by atoms with Gasteiger partial charge in [-0.1, -0.05) is 49.4 Å². The molecule has 0 fully saturated rings. The number of aryl methyl sites for hydroxylation is 3. The average molecular weight is 281 g/mol. The molecule has 0 aliphatic carbocycles. The molecule has 0 aromatic heterocycles. The summed E-state index contributed by atoms with van der Waals surface area (Å²) in [6.07, 6.45) is 1.10. The van der Waals surface area contributed by atoms with E-state index in [0.29, 0.717) is 5.92 Å². The van der Waals surface area contributed by atoms with Gasteiger partial charge < -0.3 is 5.32 Å². The SMILES string of the molecule is CCNCC(Cc1cc(C)c(C)cc1C)c1ccccc1. The van der Waals surface area contributed by atoms with Crippen LogP contribution in [0.15, 0.2) is 42.5 Å². The fourth-order valence-corrected chi connectivity index (χ4v) is 2.86. The number of hydrogen-bond acceptors (Lipinski definition) is 1. The molecule has 21 heavy (non-hydrogen) atoms. The van der Waals surface area contributed by atoms with Gasteiger partial charge in [0.15, 0.2) is 0 Å². The monoisotopic (exact) mass is 281 g/mol. The van der Waals surface area contributed by atoms with Crippen LogP contribution in [0.3, 0.4) is 0 Å². The van der Waals surface area contributed by atoms with Gasteiger partial charge in [-0.3, -0.25) is 0 Å². The first kappa shape index (κ1) is 15.8. The summed E-state index contributed by atoms with van der Waals surface area (Å²) in [6.45, 7) is 10.9. The molecule has 1 atom stereocenters. The van der Waals surface area contributed by atoms with Gasteiger partial charge in [0.05, 0.1) is 0 Å². The van der Waals surface area contributed by atoms with Gasteiger partial charge in [-0.15, -0.1) is 0 Å². The highest BCUT2D eigenvalue weighted by molar-refractivity contribution is 5.38. The molecule has 0 radical (unpaired) electrons. The normalized spacial score (nSPS) is 12.4. The zero-order valence-electron chi connectivity index (χ0n) is 13.7. The number of hydrogen-bond donors (Lipinski definition) is 1. The smallest absolute Gasteiger partial charge is 0.00232 e. The second-order valence-electron chi connectivity index (χ2n) is 5.98. The summed E-state index contributed by atoms with van der Waals surface area (Å²) in [5, 5.41) is 3.51. The third-order valence-corrected chi connectivity index (χ3v) is 4.33. The lowest BCUT2D eigenvalue weighted by Gasteiger charge is -2.20. The van der Waals surface area contributed by atoms with Crippen molar-refractivity contribution in [1.82, 2.24) is 5.32 Å². The summed E-state index contributed by atoms with van der Waals surface area (Å²) in [5.74, 6) is 0.534. The van der Waals surface area contributed by atoms with Crippen molar-refractivity contribution >= 4 is 0 Å². The minimum absolute atomic E-state index is 0.534. The van der Waals surface area contributed by atoms with Gasteiger partial charge in [0.2, 0.25) is 0 Å². The Bertz CT molecular complexity index is 572. The Hall–Kier alpha value is -1.60. The summed E-state index contributed by atoms with van der Waals surface area (Å²) in [6, 6.07) is 15.6. The van der Waals surface area contributed by atoms with Crippen molar-refractivity contribution < 1.29 is 0 Å². The molecule has 112 valence electrons. The van der Waals surface area contributed by atoms with E-state index in [-0.39, 0.29) is 0 Å². The summed E-state index contributed by atoms with van der Waals surface area (Å²) < 4.78 is 0. The molecule has 0 saturated heterocycles. The largest absolute Gasteiger partial charge is 0.316 e. The van der Waals surface area contributed by atoms with Crippen LogP contribution in [0.2, 0.25) is 0 Å². The van der Waals surface area contributed by atoms with Crippen LogP contribution in [0.1, 0.15) is 40.7 Å². The van der Waals surface area contributed by atoms with Crippen LogP contribution in [-0.4, -0.2) is 13.1 Å². The summed E-state index contributed by atoms with van der Waals surface area (Å²) in [7, 11) is 0. The van der Waals surface area contributed by atoms with Gasteiger partial charge in [-0.05, 0) is 61.6 Å². The van der Waals surface area contributed by atoms with Crippen LogP contribution in [0.4, 0.5) is 0 Å². The Morgan fingerprint density at radius 1 is 0.905 bits per heavy atom. The van der Waals surface area contributed by atoms with Crippen LogP contribution in [0.25, 0.3) is 0 Å². The predicted octanol–water partition coefficient (Wildman–Crippen LogP) is 4.55. The second kappa shape index (κ2) is 7.42. The molecule has 0 spiro atoms. The van der Waals surface area contributed by atoms with Crippen LogP contribution < -0.4 is 5.32 Å². The second-order valence-corrected chi connectivity index (χ2v) is 5.98. The Balaban J connectivity index is 2.25. The van der Waals surface area contributed by atoms with E-state index in [1.165, 1.54) is 27.8 Å². The molecule has 1 unspecified atom stereocenters. The van der Waals surface area contributed by atoms with Crippen LogP contribution in [0.5, 0.6) is 0 Å².